The summed E-state index contributed by atoms with van der Waals surface area (Å²) in [5.41, 5.74) is 1.94. The first-order chi connectivity index (χ1) is 19.0. The van der Waals surface area contributed by atoms with Crippen LogP contribution in [0.4, 0.5) is 4.39 Å². The highest BCUT2D eigenvalue weighted by Gasteiger charge is 2.36. The van der Waals surface area contributed by atoms with Gasteiger partial charge in [0.1, 0.15) is 28.8 Å². The minimum Gasteiger partial charge on any atom is -0.506 e. The van der Waals surface area contributed by atoms with Gasteiger partial charge in [-0.1, -0.05) is 18.2 Å². The van der Waals surface area contributed by atoms with E-state index in [0.29, 0.717) is 64.7 Å². The summed E-state index contributed by atoms with van der Waals surface area (Å²) in [6, 6.07) is 16.7. The predicted octanol–water partition coefficient (Wildman–Crippen LogP) is 4.80. The number of amides is 1. The Kier molecular flexibility index (Phi) is 6.36. The smallest absolute Gasteiger partial charge is 0.252 e. The van der Waals surface area contributed by atoms with Gasteiger partial charge in [-0.15, -0.1) is 10.2 Å². The minimum atomic E-state index is -0.400. The van der Waals surface area contributed by atoms with Crippen molar-refractivity contribution in [2.24, 2.45) is 0 Å². The number of nitrogens with one attached hydrogen (secondary N) is 1. The molecule has 1 saturated carbocycles. The zero-order valence-corrected chi connectivity index (χ0v) is 21.1. The van der Waals surface area contributed by atoms with E-state index in [1.165, 1.54) is 18.3 Å². The molecule has 10 heteroatoms. The van der Waals surface area contributed by atoms with E-state index in [-0.39, 0.29) is 23.6 Å². The second-order valence-electron chi connectivity index (χ2n) is 9.39. The number of carbonyl (C=O) groups excluding carboxylic acids is 1. The van der Waals surface area contributed by atoms with Crippen LogP contribution in [0.3, 0.4) is 0 Å². The van der Waals surface area contributed by atoms with Crippen LogP contribution >= 0.6 is 0 Å². The number of ether oxygens (including phenoxy) is 1. The molecular weight excluding hydrogens is 499 g/mol. The monoisotopic (exact) mass is 524 g/mol. The average Bonchev–Trinajstić information content (AvgIpc) is 3.35. The molecule has 196 valence electrons. The number of para-hydroxylation sites is 1. The van der Waals surface area contributed by atoms with Gasteiger partial charge in [0.25, 0.3) is 5.91 Å². The van der Waals surface area contributed by atoms with E-state index in [9.17, 15) is 14.3 Å². The Bertz CT molecular complexity index is 1660. The first kappa shape index (κ1) is 24.5. The molecule has 2 aromatic carbocycles. The van der Waals surface area contributed by atoms with Gasteiger partial charge in [-0.2, -0.15) is 0 Å². The molecular formula is C29H25FN6O3. The normalized spacial score (nSPS) is 16.6. The lowest BCUT2D eigenvalue weighted by Gasteiger charge is -2.35. The van der Waals surface area contributed by atoms with Gasteiger partial charge in [-0.3, -0.25) is 14.3 Å². The zero-order chi connectivity index (χ0) is 26.9. The summed E-state index contributed by atoms with van der Waals surface area (Å²) >= 11 is 0. The molecule has 39 heavy (non-hydrogen) atoms. The third-order valence-electron chi connectivity index (χ3n) is 6.85. The lowest BCUT2D eigenvalue weighted by atomic mass is 9.79. The van der Waals surface area contributed by atoms with Crippen molar-refractivity contribution in [3.05, 3.63) is 90.3 Å². The van der Waals surface area contributed by atoms with Gasteiger partial charge in [-0.05, 0) is 62.2 Å². The Balaban J connectivity index is 1.25. The second kappa shape index (κ2) is 10.1. The number of benzene rings is 2. The number of carbonyl (C=O) groups is 1. The molecule has 6 rings (SSSR count). The molecule has 3 heterocycles. The van der Waals surface area contributed by atoms with E-state index in [2.05, 4.69) is 25.5 Å². The quantitative estimate of drug-likeness (QED) is 0.314. The lowest BCUT2D eigenvalue weighted by Crippen LogP contribution is -2.44. The van der Waals surface area contributed by atoms with Crippen LogP contribution in [0.2, 0.25) is 0 Å². The zero-order valence-electron chi connectivity index (χ0n) is 21.1. The van der Waals surface area contributed by atoms with E-state index in [0.717, 1.165) is 0 Å². The summed E-state index contributed by atoms with van der Waals surface area (Å²) < 4.78 is 22.2. The van der Waals surface area contributed by atoms with Crippen LogP contribution in [0.5, 0.6) is 11.5 Å². The third kappa shape index (κ3) is 4.65. The topological polar surface area (TPSA) is 115 Å². The van der Waals surface area contributed by atoms with Gasteiger partial charge in [0, 0.05) is 22.9 Å². The van der Waals surface area contributed by atoms with E-state index in [1.54, 1.807) is 59.3 Å². The summed E-state index contributed by atoms with van der Waals surface area (Å²) in [4.78, 5) is 21.7. The molecule has 0 unspecified atom stereocenters. The fourth-order valence-corrected chi connectivity index (χ4v) is 4.91. The Morgan fingerprint density at radius 2 is 1.92 bits per heavy atom. The standard InChI is InChI=1S/C29H25FN6O3/c1-2-39-20-10-11-25(32-16-20)28-35-34-27(36(28)26-9-4-3-7-23(26)30)17-12-18(13-17)33-29(38)21-6-5-8-24-22(21)14-19(37)15-31-24/h3-11,14-18,37H,2,12-13H2,1H3,(H,33,38). The summed E-state index contributed by atoms with van der Waals surface area (Å²) in [5, 5.41) is 22.3. The molecule has 9 nitrogen and oxygen atoms in total. The molecule has 1 aliphatic carbocycles. The average molecular weight is 525 g/mol. The largest absolute Gasteiger partial charge is 0.506 e. The fraction of sp³-hybridized carbons (Fsp3) is 0.207. The van der Waals surface area contributed by atoms with Gasteiger partial charge < -0.3 is 15.2 Å². The van der Waals surface area contributed by atoms with Gasteiger partial charge in [0.2, 0.25) is 0 Å². The highest BCUT2D eigenvalue weighted by atomic mass is 19.1. The van der Waals surface area contributed by atoms with Crippen LogP contribution in [0, 0.1) is 5.82 Å². The molecule has 0 spiro atoms. The molecule has 0 bridgehead atoms. The van der Waals surface area contributed by atoms with E-state index < -0.39 is 5.82 Å². The predicted molar refractivity (Wildman–Crippen MR) is 142 cm³/mol. The number of hydrogen-bond donors (Lipinski definition) is 2. The number of hydrogen-bond acceptors (Lipinski definition) is 7. The maximum absolute atomic E-state index is 15.0. The Labute approximate surface area is 223 Å². The number of nitrogens with zero attached hydrogens (tertiary/aromatic N) is 5. The van der Waals surface area contributed by atoms with Crippen LogP contribution in [0.1, 0.15) is 41.9 Å². The maximum atomic E-state index is 15.0. The molecule has 0 saturated heterocycles. The maximum Gasteiger partial charge on any atom is 0.252 e. The van der Waals surface area contributed by atoms with Crippen LogP contribution in [0.15, 0.2) is 73.1 Å². The van der Waals surface area contributed by atoms with Crippen LogP contribution < -0.4 is 10.1 Å². The van der Waals surface area contributed by atoms with E-state index in [1.807, 2.05) is 6.92 Å². The number of aromatic nitrogens is 5. The van der Waals surface area contributed by atoms with Crippen LogP contribution in [-0.2, 0) is 0 Å². The molecule has 0 radical (unpaired) electrons. The highest BCUT2D eigenvalue weighted by molar-refractivity contribution is 6.06. The minimum absolute atomic E-state index is 0.00300. The lowest BCUT2D eigenvalue weighted by molar-refractivity contribution is 0.0909. The van der Waals surface area contributed by atoms with E-state index >= 15 is 0 Å². The first-order valence-corrected chi connectivity index (χ1v) is 12.7. The van der Waals surface area contributed by atoms with Crippen molar-refractivity contribution in [3.8, 4) is 28.7 Å². The summed E-state index contributed by atoms with van der Waals surface area (Å²) in [6.45, 7) is 2.42. The fourth-order valence-electron chi connectivity index (χ4n) is 4.91. The van der Waals surface area contributed by atoms with Crippen LogP contribution in [-0.4, -0.2) is 48.4 Å². The Morgan fingerprint density at radius 3 is 2.69 bits per heavy atom. The highest BCUT2D eigenvalue weighted by Crippen LogP contribution is 2.39. The van der Waals surface area contributed by atoms with E-state index in [4.69, 9.17) is 4.74 Å². The van der Waals surface area contributed by atoms with Gasteiger partial charge in [0.15, 0.2) is 5.82 Å². The molecule has 1 aliphatic rings. The van der Waals surface area contributed by atoms with Gasteiger partial charge in [-0.25, -0.2) is 9.37 Å². The molecule has 5 aromatic rings. The number of aromatic hydroxyl groups is 1. The van der Waals surface area contributed by atoms with Crippen molar-refractivity contribution in [2.45, 2.75) is 31.7 Å². The number of fused-ring (bicyclic) bond motifs is 1. The second-order valence-corrected chi connectivity index (χ2v) is 9.39. The summed E-state index contributed by atoms with van der Waals surface area (Å²) in [6.07, 6.45) is 4.19. The summed E-state index contributed by atoms with van der Waals surface area (Å²) in [7, 11) is 0. The van der Waals surface area contributed by atoms with Gasteiger partial charge in [0.05, 0.1) is 30.2 Å². The molecule has 0 aliphatic heterocycles. The SMILES string of the molecule is CCOc1ccc(-c2nnc(C3CC(NC(=O)c4cccc5ncc(O)cc45)C3)n2-c2ccccc2F)nc1. The van der Waals surface area contributed by atoms with Crippen molar-refractivity contribution in [1.82, 2.24) is 30.0 Å². The van der Waals surface area contributed by atoms with Crippen molar-refractivity contribution in [1.29, 1.82) is 0 Å². The number of rotatable bonds is 7. The third-order valence-corrected chi connectivity index (χ3v) is 6.85. The first-order valence-electron chi connectivity index (χ1n) is 12.7. The Hall–Kier alpha value is -4.86. The van der Waals surface area contributed by atoms with Gasteiger partial charge >= 0.3 is 0 Å². The molecule has 2 N–H and O–H groups in total. The molecule has 0 atom stereocenters. The van der Waals surface area contributed by atoms with Crippen molar-refractivity contribution in [2.75, 3.05) is 6.61 Å². The molecule has 1 amide bonds. The van der Waals surface area contributed by atoms with Crippen LogP contribution in [0.25, 0.3) is 28.1 Å². The van der Waals surface area contributed by atoms with Crippen molar-refractivity contribution >= 4 is 16.8 Å². The Morgan fingerprint density at radius 1 is 1.08 bits per heavy atom. The van der Waals surface area contributed by atoms with Crippen molar-refractivity contribution in [3.63, 3.8) is 0 Å². The molecule has 1 fully saturated rings. The summed E-state index contributed by atoms with van der Waals surface area (Å²) in [5.74, 6) is 0.973. The molecule has 3 aromatic heterocycles. The number of pyridine rings is 2. The van der Waals surface area contributed by atoms with Crippen molar-refractivity contribution < 1.29 is 19.0 Å². The number of halogens is 1.